The summed E-state index contributed by atoms with van der Waals surface area (Å²) in [5, 5.41) is 5.94. The monoisotopic (exact) mass is 238 g/mol. The molecule has 3 nitrogen and oxygen atoms in total. The maximum atomic E-state index is 11.9. The van der Waals surface area contributed by atoms with E-state index in [0.717, 1.165) is 17.0 Å². The van der Waals surface area contributed by atoms with Crippen molar-refractivity contribution in [3.8, 4) is 0 Å². The van der Waals surface area contributed by atoms with Crippen LogP contribution in [-0.4, -0.2) is 31.5 Å². The van der Waals surface area contributed by atoms with E-state index in [1.807, 2.05) is 38.4 Å². The molecular formula is C12H18N2OS. The lowest BCUT2D eigenvalue weighted by molar-refractivity contribution is 0.0957. The first-order chi connectivity index (χ1) is 7.69. The number of amides is 1. The molecular weight excluding hydrogens is 220 g/mol. The Balaban J connectivity index is 2.74. The fraction of sp³-hybridized carbons (Fsp3) is 0.417. The van der Waals surface area contributed by atoms with Gasteiger partial charge in [0.15, 0.2) is 0 Å². The molecule has 0 saturated carbocycles. The molecule has 16 heavy (non-hydrogen) atoms. The summed E-state index contributed by atoms with van der Waals surface area (Å²) in [6.45, 7) is 2.72. The summed E-state index contributed by atoms with van der Waals surface area (Å²) in [5.41, 5.74) is 2.72. The Kier molecular flexibility index (Phi) is 5.19. The van der Waals surface area contributed by atoms with E-state index in [0.29, 0.717) is 12.1 Å². The van der Waals surface area contributed by atoms with Crippen LogP contribution < -0.4 is 10.6 Å². The number of hydrogen-bond acceptors (Lipinski definition) is 3. The highest BCUT2D eigenvalue weighted by Crippen LogP contribution is 2.16. The summed E-state index contributed by atoms with van der Waals surface area (Å²) in [4.78, 5) is 11.9. The summed E-state index contributed by atoms with van der Waals surface area (Å²) < 4.78 is 0. The van der Waals surface area contributed by atoms with Gasteiger partial charge in [-0.2, -0.15) is 11.8 Å². The number of carbonyl (C=O) groups is 1. The first kappa shape index (κ1) is 12.9. The lowest BCUT2D eigenvalue weighted by Gasteiger charge is -2.10. The van der Waals surface area contributed by atoms with E-state index in [1.54, 1.807) is 11.8 Å². The van der Waals surface area contributed by atoms with E-state index in [4.69, 9.17) is 0 Å². The molecule has 4 heteroatoms. The summed E-state index contributed by atoms with van der Waals surface area (Å²) in [5.74, 6) is 0.922. The molecule has 0 atom stereocenters. The van der Waals surface area contributed by atoms with Crippen molar-refractivity contribution in [3.05, 3.63) is 29.3 Å². The van der Waals surface area contributed by atoms with Crippen molar-refractivity contribution in [2.45, 2.75) is 6.92 Å². The predicted octanol–water partition coefficient (Wildman–Crippen LogP) is 2.13. The van der Waals surface area contributed by atoms with Crippen molar-refractivity contribution in [2.24, 2.45) is 0 Å². The quantitative estimate of drug-likeness (QED) is 0.772. The normalized spacial score (nSPS) is 9.94. The van der Waals surface area contributed by atoms with Crippen molar-refractivity contribution in [1.82, 2.24) is 5.32 Å². The van der Waals surface area contributed by atoms with E-state index in [9.17, 15) is 4.79 Å². The molecule has 1 aromatic rings. The Morgan fingerprint density at radius 2 is 2.19 bits per heavy atom. The molecule has 1 aromatic carbocycles. The molecule has 0 radical (unpaired) electrons. The second-order valence-corrected chi connectivity index (χ2v) is 4.53. The Morgan fingerprint density at radius 1 is 1.44 bits per heavy atom. The lowest BCUT2D eigenvalue weighted by atomic mass is 10.1. The average Bonchev–Trinajstić information content (AvgIpc) is 2.29. The number of hydrogen-bond donors (Lipinski definition) is 2. The van der Waals surface area contributed by atoms with Gasteiger partial charge in [-0.05, 0) is 30.9 Å². The number of aryl methyl sites for hydroxylation is 1. The third-order valence-electron chi connectivity index (χ3n) is 2.28. The highest BCUT2D eigenvalue weighted by Gasteiger charge is 2.09. The zero-order valence-electron chi connectivity index (χ0n) is 9.96. The summed E-state index contributed by atoms with van der Waals surface area (Å²) in [6.07, 6.45) is 2.02. The minimum atomic E-state index is -0.0154. The maximum Gasteiger partial charge on any atom is 0.253 e. The van der Waals surface area contributed by atoms with Crippen LogP contribution in [0.25, 0.3) is 0 Å². The zero-order chi connectivity index (χ0) is 12.0. The second kappa shape index (κ2) is 6.43. The Hall–Kier alpha value is -1.16. The first-order valence-corrected chi connectivity index (χ1v) is 6.64. The molecule has 0 aliphatic rings. The molecule has 0 aromatic heterocycles. The van der Waals surface area contributed by atoms with Crippen LogP contribution in [0.2, 0.25) is 0 Å². The van der Waals surface area contributed by atoms with E-state index in [1.165, 1.54) is 0 Å². The van der Waals surface area contributed by atoms with Gasteiger partial charge < -0.3 is 10.6 Å². The molecule has 0 unspecified atom stereocenters. The minimum Gasteiger partial charge on any atom is -0.387 e. The maximum absolute atomic E-state index is 11.9. The van der Waals surface area contributed by atoms with Crippen LogP contribution in [0, 0.1) is 6.92 Å². The molecule has 2 N–H and O–H groups in total. The number of rotatable bonds is 5. The summed E-state index contributed by atoms with van der Waals surface area (Å²) >= 11 is 1.72. The Labute approximate surface area is 101 Å². The Morgan fingerprint density at radius 3 is 2.81 bits per heavy atom. The predicted molar refractivity (Wildman–Crippen MR) is 71.4 cm³/mol. The third kappa shape index (κ3) is 3.45. The van der Waals surface area contributed by atoms with Crippen LogP contribution in [0.5, 0.6) is 0 Å². The van der Waals surface area contributed by atoms with Gasteiger partial charge in [0, 0.05) is 25.0 Å². The number of anilines is 1. The lowest BCUT2D eigenvalue weighted by Crippen LogP contribution is -2.26. The van der Waals surface area contributed by atoms with Gasteiger partial charge in [0.2, 0.25) is 0 Å². The van der Waals surface area contributed by atoms with Crippen LogP contribution in [0.1, 0.15) is 15.9 Å². The minimum absolute atomic E-state index is 0.0154. The average molecular weight is 238 g/mol. The fourth-order valence-electron chi connectivity index (χ4n) is 1.42. The number of carbonyl (C=O) groups excluding carboxylic acids is 1. The first-order valence-electron chi connectivity index (χ1n) is 5.24. The van der Waals surface area contributed by atoms with Crippen LogP contribution in [0.3, 0.4) is 0 Å². The van der Waals surface area contributed by atoms with Crippen LogP contribution in [-0.2, 0) is 0 Å². The van der Waals surface area contributed by atoms with Gasteiger partial charge in [0.25, 0.3) is 5.91 Å². The van der Waals surface area contributed by atoms with Gasteiger partial charge in [-0.1, -0.05) is 6.07 Å². The van der Waals surface area contributed by atoms with Gasteiger partial charge in [0.1, 0.15) is 0 Å². The smallest absolute Gasteiger partial charge is 0.253 e. The molecule has 0 fully saturated rings. The highest BCUT2D eigenvalue weighted by molar-refractivity contribution is 7.98. The largest absolute Gasteiger partial charge is 0.387 e. The van der Waals surface area contributed by atoms with Gasteiger partial charge in [-0.3, -0.25) is 4.79 Å². The topological polar surface area (TPSA) is 41.1 Å². The highest BCUT2D eigenvalue weighted by atomic mass is 32.2. The Bertz CT molecular complexity index is 366. The summed E-state index contributed by atoms with van der Waals surface area (Å²) in [7, 11) is 1.83. The van der Waals surface area contributed by atoms with Gasteiger partial charge in [0.05, 0.1) is 5.56 Å². The second-order valence-electron chi connectivity index (χ2n) is 3.55. The van der Waals surface area contributed by atoms with Gasteiger partial charge in [-0.25, -0.2) is 0 Å². The molecule has 1 amide bonds. The van der Waals surface area contributed by atoms with E-state index >= 15 is 0 Å². The molecule has 0 heterocycles. The van der Waals surface area contributed by atoms with Crippen molar-refractivity contribution in [3.63, 3.8) is 0 Å². The molecule has 0 aliphatic carbocycles. The van der Waals surface area contributed by atoms with Gasteiger partial charge in [-0.15, -0.1) is 0 Å². The molecule has 88 valence electrons. The molecule has 1 rings (SSSR count). The van der Waals surface area contributed by atoms with Gasteiger partial charge >= 0.3 is 0 Å². The van der Waals surface area contributed by atoms with Crippen molar-refractivity contribution < 1.29 is 4.79 Å². The number of nitrogens with one attached hydrogen (secondary N) is 2. The third-order valence-corrected chi connectivity index (χ3v) is 2.89. The summed E-state index contributed by atoms with van der Waals surface area (Å²) in [6, 6.07) is 5.78. The number of thioether (sulfide) groups is 1. The molecule has 0 saturated heterocycles. The van der Waals surface area contributed by atoms with Crippen LogP contribution >= 0.6 is 11.8 Å². The molecule has 0 aliphatic heterocycles. The van der Waals surface area contributed by atoms with Crippen molar-refractivity contribution in [1.29, 1.82) is 0 Å². The van der Waals surface area contributed by atoms with Crippen molar-refractivity contribution in [2.75, 3.05) is 30.9 Å². The standard InChI is InChI=1S/C12H18N2OS/c1-9-4-5-10(11(8-9)13-2)12(15)14-6-7-16-3/h4-5,8,13H,6-7H2,1-3H3,(H,14,15). The van der Waals surface area contributed by atoms with E-state index < -0.39 is 0 Å². The van der Waals surface area contributed by atoms with E-state index in [2.05, 4.69) is 10.6 Å². The van der Waals surface area contributed by atoms with E-state index in [-0.39, 0.29) is 5.91 Å². The van der Waals surface area contributed by atoms with Crippen LogP contribution in [0.4, 0.5) is 5.69 Å². The van der Waals surface area contributed by atoms with Crippen molar-refractivity contribution >= 4 is 23.4 Å². The SMILES string of the molecule is CNc1cc(C)ccc1C(=O)NCCSC. The molecule has 0 spiro atoms. The fourth-order valence-corrected chi connectivity index (χ4v) is 1.73. The number of benzene rings is 1. The zero-order valence-corrected chi connectivity index (χ0v) is 10.8. The van der Waals surface area contributed by atoms with Crippen LogP contribution in [0.15, 0.2) is 18.2 Å². The molecule has 0 bridgehead atoms.